The van der Waals surface area contributed by atoms with Crippen LogP contribution in [0.5, 0.6) is 0 Å². The molecule has 0 aliphatic carbocycles. The average Bonchev–Trinajstić information content (AvgIpc) is 2.44. The lowest BCUT2D eigenvalue weighted by molar-refractivity contribution is -0.0776. The Morgan fingerprint density at radius 1 is 1.14 bits per heavy atom. The summed E-state index contributed by atoms with van der Waals surface area (Å²) >= 11 is 0. The smallest absolute Gasteiger partial charge is 0.279 e. The molecule has 7 heteroatoms. The van der Waals surface area contributed by atoms with Crippen molar-refractivity contribution in [2.24, 2.45) is 5.92 Å². The van der Waals surface area contributed by atoms with Crippen LogP contribution >= 0.6 is 0 Å². The average molecular weight is 333 g/mol. The van der Waals surface area contributed by atoms with Crippen molar-refractivity contribution in [3.63, 3.8) is 0 Å². The first-order valence-electron chi connectivity index (χ1n) is 8.42. The number of piperidine rings is 1. The Labute approximate surface area is 135 Å². The van der Waals surface area contributed by atoms with Gasteiger partial charge in [0, 0.05) is 38.8 Å². The zero-order valence-corrected chi connectivity index (χ0v) is 15.1. The van der Waals surface area contributed by atoms with Crippen molar-refractivity contribution in [2.45, 2.75) is 58.8 Å². The van der Waals surface area contributed by atoms with E-state index in [1.165, 1.54) is 0 Å². The summed E-state index contributed by atoms with van der Waals surface area (Å²) in [7, 11) is -3.34. The number of nitrogens with one attached hydrogen (secondary N) is 1. The predicted octanol–water partition coefficient (Wildman–Crippen LogP) is 1.05. The number of nitrogens with zero attached hydrogens (tertiary/aromatic N) is 2. The van der Waals surface area contributed by atoms with Crippen molar-refractivity contribution in [3.8, 4) is 0 Å². The maximum Gasteiger partial charge on any atom is 0.279 e. The van der Waals surface area contributed by atoms with E-state index in [-0.39, 0.29) is 18.2 Å². The standard InChI is InChI=1S/C15H31N3O3S/c1-12-5-7-18(8-6-12)22(19,20)16-9-13(2)17-10-14(3)21-15(4)11-17/h12-16H,5-11H2,1-4H3/t13-,14-,15+/m0/s1. The maximum atomic E-state index is 12.4. The van der Waals surface area contributed by atoms with Gasteiger partial charge in [0.05, 0.1) is 12.2 Å². The number of hydrogen-bond acceptors (Lipinski definition) is 4. The Hall–Kier alpha value is -0.210. The van der Waals surface area contributed by atoms with Crippen LogP contribution in [0.25, 0.3) is 0 Å². The highest BCUT2D eigenvalue weighted by molar-refractivity contribution is 7.87. The van der Waals surface area contributed by atoms with Crippen LogP contribution in [0.4, 0.5) is 0 Å². The van der Waals surface area contributed by atoms with Crippen LogP contribution in [0.1, 0.15) is 40.5 Å². The third-order valence-electron chi connectivity index (χ3n) is 4.71. The molecule has 22 heavy (non-hydrogen) atoms. The Morgan fingerprint density at radius 3 is 2.23 bits per heavy atom. The Bertz CT molecular complexity index is 439. The summed E-state index contributed by atoms with van der Waals surface area (Å²) < 4.78 is 34.9. The zero-order valence-electron chi connectivity index (χ0n) is 14.3. The molecule has 0 saturated carbocycles. The molecule has 130 valence electrons. The van der Waals surface area contributed by atoms with E-state index in [2.05, 4.69) is 37.3 Å². The minimum absolute atomic E-state index is 0.173. The minimum Gasteiger partial charge on any atom is -0.373 e. The SMILES string of the molecule is CC1CCN(S(=O)(=O)NC[C@H](C)N2C[C@@H](C)O[C@@H](C)C2)CC1. The number of morpholine rings is 1. The minimum atomic E-state index is -3.34. The number of hydrogen-bond donors (Lipinski definition) is 1. The van der Waals surface area contributed by atoms with Gasteiger partial charge in [-0.2, -0.15) is 12.7 Å². The van der Waals surface area contributed by atoms with Crippen LogP contribution in [0.15, 0.2) is 0 Å². The Balaban J connectivity index is 1.83. The summed E-state index contributed by atoms with van der Waals surface area (Å²) in [5, 5.41) is 0. The highest BCUT2D eigenvalue weighted by atomic mass is 32.2. The molecule has 0 radical (unpaired) electrons. The van der Waals surface area contributed by atoms with Crippen molar-refractivity contribution in [1.82, 2.24) is 13.9 Å². The first kappa shape index (κ1) is 18.1. The number of rotatable bonds is 5. The largest absolute Gasteiger partial charge is 0.373 e. The summed E-state index contributed by atoms with van der Waals surface area (Å²) in [6.07, 6.45) is 2.31. The Kier molecular flexibility index (Phi) is 6.24. The summed E-state index contributed by atoms with van der Waals surface area (Å²) in [6.45, 7) is 11.8. The molecule has 2 rings (SSSR count). The highest BCUT2D eigenvalue weighted by Gasteiger charge is 2.29. The van der Waals surface area contributed by atoms with E-state index in [0.717, 1.165) is 25.9 Å². The fraction of sp³-hybridized carbons (Fsp3) is 1.00. The van der Waals surface area contributed by atoms with E-state index in [1.807, 2.05) is 0 Å². The lowest BCUT2D eigenvalue weighted by Crippen LogP contribution is -2.53. The first-order valence-corrected chi connectivity index (χ1v) is 9.86. The van der Waals surface area contributed by atoms with Crippen molar-refractivity contribution < 1.29 is 13.2 Å². The van der Waals surface area contributed by atoms with Gasteiger partial charge in [-0.25, -0.2) is 4.72 Å². The van der Waals surface area contributed by atoms with Gasteiger partial charge in [-0.3, -0.25) is 4.90 Å². The predicted molar refractivity (Wildman–Crippen MR) is 87.9 cm³/mol. The second-order valence-electron chi connectivity index (χ2n) is 7.00. The molecule has 2 fully saturated rings. The van der Waals surface area contributed by atoms with Crippen LogP contribution in [-0.4, -0.2) is 68.6 Å². The molecular formula is C15H31N3O3S. The van der Waals surface area contributed by atoms with Crippen molar-refractivity contribution in [3.05, 3.63) is 0 Å². The van der Waals surface area contributed by atoms with Crippen LogP contribution in [-0.2, 0) is 14.9 Å². The van der Waals surface area contributed by atoms with Gasteiger partial charge in [0.15, 0.2) is 0 Å². The van der Waals surface area contributed by atoms with Crippen LogP contribution < -0.4 is 4.72 Å². The highest BCUT2D eigenvalue weighted by Crippen LogP contribution is 2.18. The molecule has 2 aliphatic rings. The van der Waals surface area contributed by atoms with E-state index in [4.69, 9.17) is 4.74 Å². The molecule has 2 heterocycles. The molecule has 1 N–H and O–H groups in total. The second kappa shape index (κ2) is 7.57. The van der Waals surface area contributed by atoms with E-state index in [0.29, 0.717) is 25.6 Å². The summed E-state index contributed by atoms with van der Waals surface area (Å²) in [4.78, 5) is 2.31. The summed E-state index contributed by atoms with van der Waals surface area (Å²) in [6, 6.07) is 0.173. The molecule has 0 bridgehead atoms. The fourth-order valence-electron chi connectivity index (χ4n) is 3.25. The van der Waals surface area contributed by atoms with E-state index >= 15 is 0 Å². The normalized spacial score (nSPS) is 31.3. The van der Waals surface area contributed by atoms with Gasteiger partial charge < -0.3 is 4.74 Å². The second-order valence-corrected chi connectivity index (χ2v) is 8.75. The monoisotopic (exact) mass is 333 g/mol. The van der Waals surface area contributed by atoms with Gasteiger partial charge in [0.2, 0.25) is 0 Å². The number of ether oxygens (including phenoxy) is 1. The van der Waals surface area contributed by atoms with Crippen LogP contribution in [0.3, 0.4) is 0 Å². The third kappa shape index (κ3) is 4.89. The molecule has 2 saturated heterocycles. The van der Waals surface area contributed by atoms with E-state index in [1.54, 1.807) is 4.31 Å². The van der Waals surface area contributed by atoms with Crippen molar-refractivity contribution in [2.75, 3.05) is 32.7 Å². The molecule has 2 aliphatic heterocycles. The molecular weight excluding hydrogens is 302 g/mol. The molecule has 0 unspecified atom stereocenters. The lowest BCUT2D eigenvalue weighted by Gasteiger charge is -2.39. The van der Waals surface area contributed by atoms with Gasteiger partial charge in [-0.1, -0.05) is 6.92 Å². The Morgan fingerprint density at radius 2 is 1.68 bits per heavy atom. The molecule has 3 atom stereocenters. The quantitative estimate of drug-likeness (QED) is 0.817. The lowest BCUT2D eigenvalue weighted by atomic mass is 10.0. The third-order valence-corrected chi connectivity index (χ3v) is 6.29. The molecule has 0 aromatic rings. The molecule has 0 aromatic carbocycles. The van der Waals surface area contributed by atoms with Crippen LogP contribution in [0.2, 0.25) is 0 Å². The fourth-order valence-corrected chi connectivity index (χ4v) is 4.58. The molecule has 0 amide bonds. The molecule has 0 aromatic heterocycles. The van der Waals surface area contributed by atoms with Gasteiger partial charge in [0.1, 0.15) is 0 Å². The van der Waals surface area contributed by atoms with Gasteiger partial charge in [0.25, 0.3) is 10.2 Å². The molecule has 0 spiro atoms. The van der Waals surface area contributed by atoms with E-state index in [9.17, 15) is 8.42 Å². The first-order chi connectivity index (χ1) is 10.3. The van der Waals surface area contributed by atoms with Crippen molar-refractivity contribution in [1.29, 1.82) is 0 Å². The van der Waals surface area contributed by atoms with Crippen LogP contribution in [0, 0.1) is 5.92 Å². The van der Waals surface area contributed by atoms with Crippen molar-refractivity contribution >= 4 is 10.2 Å². The van der Waals surface area contributed by atoms with Gasteiger partial charge in [-0.05, 0) is 39.5 Å². The van der Waals surface area contributed by atoms with Gasteiger partial charge in [-0.15, -0.1) is 0 Å². The van der Waals surface area contributed by atoms with Gasteiger partial charge >= 0.3 is 0 Å². The molecule has 6 nitrogen and oxygen atoms in total. The summed E-state index contributed by atoms with van der Waals surface area (Å²) in [5.41, 5.74) is 0. The maximum absolute atomic E-state index is 12.4. The summed E-state index contributed by atoms with van der Waals surface area (Å²) in [5.74, 6) is 0.627. The topological polar surface area (TPSA) is 61.9 Å². The van der Waals surface area contributed by atoms with E-state index < -0.39 is 10.2 Å². The zero-order chi connectivity index (χ0) is 16.3.